The van der Waals surface area contributed by atoms with E-state index in [9.17, 15) is 9.18 Å². The van der Waals surface area contributed by atoms with E-state index in [4.69, 9.17) is 16.3 Å². The first-order chi connectivity index (χ1) is 21.3. The molecule has 7 rings (SSSR count). The molecule has 0 bridgehead atoms. The summed E-state index contributed by atoms with van der Waals surface area (Å²) in [7, 11) is 2.06. The predicted molar refractivity (Wildman–Crippen MR) is 162 cm³/mol. The molecular formula is C33H35F2N7O2. The predicted octanol–water partition coefficient (Wildman–Crippen LogP) is 4.77. The first-order valence-electron chi connectivity index (χ1n) is 15.4. The van der Waals surface area contributed by atoms with Gasteiger partial charge in [0.1, 0.15) is 29.7 Å². The SMILES string of the molecule is [C-]#[N+]C[C@H]1CN(c2nc(OC[C@@H]3CCCN3C)nc3c(F)c(-c4cccc5c4C4CCC4C5)ncc23)CCN1C(=O)C(=C)F. The Kier molecular flexibility index (Phi) is 7.41. The van der Waals surface area contributed by atoms with Gasteiger partial charge in [-0.15, -0.1) is 0 Å². The van der Waals surface area contributed by atoms with Crippen LogP contribution in [0.25, 0.3) is 27.0 Å². The number of piperazine rings is 1. The van der Waals surface area contributed by atoms with E-state index in [-0.39, 0.29) is 42.9 Å². The summed E-state index contributed by atoms with van der Waals surface area (Å²) < 4.78 is 36.6. The smallest absolute Gasteiger partial charge is 0.319 e. The number of benzene rings is 1. The molecule has 2 saturated heterocycles. The first-order valence-corrected chi connectivity index (χ1v) is 15.4. The number of ether oxygens (including phenoxy) is 1. The molecule has 2 aliphatic carbocycles. The Morgan fingerprint density at radius 2 is 2.05 bits per heavy atom. The van der Waals surface area contributed by atoms with Crippen molar-refractivity contribution in [2.45, 2.75) is 50.1 Å². The number of likely N-dealkylation sites (tertiary alicyclic amines) is 1. The van der Waals surface area contributed by atoms with Crippen molar-refractivity contribution in [3.8, 4) is 17.3 Å². The van der Waals surface area contributed by atoms with E-state index in [0.29, 0.717) is 36.2 Å². The molecule has 0 N–H and O–H groups in total. The Hall–Kier alpha value is -4.17. The maximum absolute atomic E-state index is 16.7. The van der Waals surface area contributed by atoms with E-state index in [1.165, 1.54) is 22.4 Å². The van der Waals surface area contributed by atoms with E-state index in [0.717, 1.165) is 37.8 Å². The van der Waals surface area contributed by atoms with Gasteiger partial charge in [-0.3, -0.25) is 9.78 Å². The first kappa shape index (κ1) is 28.6. The number of hydrogen-bond acceptors (Lipinski definition) is 7. The van der Waals surface area contributed by atoms with Crippen LogP contribution >= 0.6 is 0 Å². The van der Waals surface area contributed by atoms with Gasteiger partial charge in [-0.1, -0.05) is 24.8 Å². The van der Waals surface area contributed by atoms with Gasteiger partial charge in [0.05, 0.1) is 5.39 Å². The van der Waals surface area contributed by atoms with Gasteiger partial charge in [-0.25, -0.2) is 15.4 Å². The molecule has 2 unspecified atom stereocenters. The molecule has 4 atom stereocenters. The summed E-state index contributed by atoms with van der Waals surface area (Å²) in [5.41, 5.74) is 3.70. The van der Waals surface area contributed by atoms with Crippen LogP contribution in [0, 0.1) is 18.3 Å². The van der Waals surface area contributed by atoms with Crippen LogP contribution in [0.15, 0.2) is 36.8 Å². The van der Waals surface area contributed by atoms with Crippen molar-refractivity contribution >= 4 is 22.6 Å². The van der Waals surface area contributed by atoms with Gasteiger partial charge in [0, 0.05) is 37.4 Å². The van der Waals surface area contributed by atoms with Crippen molar-refractivity contribution in [3.63, 3.8) is 0 Å². The highest BCUT2D eigenvalue weighted by molar-refractivity contribution is 5.93. The summed E-state index contributed by atoms with van der Waals surface area (Å²) in [4.78, 5) is 35.4. The lowest BCUT2D eigenvalue weighted by Crippen LogP contribution is -2.56. The second kappa shape index (κ2) is 11.4. The van der Waals surface area contributed by atoms with Crippen molar-refractivity contribution in [1.29, 1.82) is 0 Å². The van der Waals surface area contributed by atoms with E-state index in [1.807, 2.05) is 17.0 Å². The number of halogens is 2. The standard InChI is InChI=1S/C33H35F2N7O2/c1-19(34)32(43)42-13-12-41(17-23(42)15-36-2)31-26-16-37-29(25-8-4-6-21-14-20-9-10-24(20)27(21)25)28(35)30(26)38-33(39-31)44-18-22-7-5-11-40(22)3/h4,6,8,16,20,22-24H,1,5,7,9-15,17-18H2,3H3/t20?,22-,23-,24?/m0/s1. The number of pyridine rings is 1. The van der Waals surface area contributed by atoms with E-state index >= 15 is 4.39 Å². The van der Waals surface area contributed by atoms with Crippen molar-refractivity contribution in [1.82, 2.24) is 24.8 Å². The van der Waals surface area contributed by atoms with Crippen LogP contribution in [0.3, 0.4) is 0 Å². The van der Waals surface area contributed by atoms with Crippen LogP contribution < -0.4 is 9.64 Å². The zero-order valence-electron chi connectivity index (χ0n) is 24.8. The van der Waals surface area contributed by atoms with Gasteiger partial charge in [0.2, 0.25) is 6.54 Å². The van der Waals surface area contributed by atoms with Crippen LogP contribution in [0.1, 0.15) is 42.7 Å². The van der Waals surface area contributed by atoms with E-state index < -0.39 is 23.6 Å². The average molecular weight is 600 g/mol. The number of aromatic nitrogens is 3. The second-order valence-corrected chi connectivity index (χ2v) is 12.5. The molecule has 2 aliphatic heterocycles. The minimum atomic E-state index is -1.06. The number of hydrogen-bond donors (Lipinski definition) is 0. The van der Waals surface area contributed by atoms with Crippen molar-refractivity contribution in [2.24, 2.45) is 5.92 Å². The number of likely N-dealkylation sites (N-methyl/N-ethyl adjacent to an activating group) is 1. The van der Waals surface area contributed by atoms with Gasteiger partial charge in [0.15, 0.2) is 11.6 Å². The minimum absolute atomic E-state index is 0.0199. The summed E-state index contributed by atoms with van der Waals surface area (Å²) in [5.74, 6) is -0.919. The van der Waals surface area contributed by atoms with Gasteiger partial charge in [-0.2, -0.15) is 9.97 Å². The molecule has 1 aromatic carbocycles. The third-order valence-electron chi connectivity index (χ3n) is 10.0. The molecule has 4 aliphatic rings. The molecule has 228 valence electrons. The zero-order valence-corrected chi connectivity index (χ0v) is 24.8. The van der Waals surface area contributed by atoms with Gasteiger partial charge >= 0.3 is 6.01 Å². The Morgan fingerprint density at radius 3 is 2.77 bits per heavy atom. The Balaban J connectivity index is 1.29. The number of anilines is 1. The molecule has 3 aromatic rings. The van der Waals surface area contributed by atoms with E-state index in [2.05, 4.69) is 39.4 Å². The molecule has 1 saturated carbocycles. The molecule has 3 fully saturated rings. The molecular weight excluding hydrogens is 564 g/mol. The summed E-state index contributed by atoms with van der Waals surface area (Å²) in [6.45, 7) is 12.6. The molecule has 9 nitrogen and oxygen atoms in total. The highest BCUT2D eigenvalue weighted by Gasteiger charge is 2.41. The lowest BCUT2D eigenvalue weighted by atomic mass is 9.73. The third kappa shape index (κ3) is 4.85. The van der Waals surface area contributed by atoms with Gasteiger partial charge < -0.3 is 24.3 Å². The summed E-state index contributed by atoms with van der Waals surface area (Å²) in [6, 6.07) is 5.76. The monoisotopic (exact) mass is 599 g/mol. The minimum Gasteiger partial charge on any atom is -0.462 e. The third-order valence-corrected chi connectivity index (χ3v) is 10.0. The maximum atomic E-state index is 16.7. The van der Waals surface area contributed by atoms with Gasteiger partial charge in [-0.05, 0) is 68.7 Å². The highest BCUT2D eigenvalue weighted by atomic mass is 19.1. The Morgan fingerprint density at radius 1 is 1.18 bits per heavy atom. The number of amides is 1. The summed E-state index contributed by atoms with van der Waals surface area (Å²) >= 11 is 0. The van der Waals surface area contributed by atoms with Gasteiger partial charge in [0.25, 0.3) is 5.91 Å². The molecule has 0 radical (unpaired) electrons. The number of rotatable bonds is 7. The Labute approximate surface area is 255 Å². The molecule has 1 amide bonds. The van der Waals surface area contributed by atoms with Crippen LogP contribution in [0.2, 0.25) is 0 Å². The molecule has 11 heteroatoms. The summed E-state index contributed by atoms with van der Waals surface area (Å²) in [5, 5.41) is 0.418. The van der Waals surface area contributed by atoms with Crippen LogP contribution in [0.5, 0.6) is 6.01 Å². The lowest BCUT2D eigenvalue weighted by molar-refractivity contribution is -0.131. The average Bonchev–Trinajstić information content (AvgIpc) is 3.54. The molecule has 4 heterocycles. The van der Waals surface area contributed by atoms with Crippen molar-refractivity contribution in [2.75, 3.05) is 51.3 Å². The zero-order chi connectivity index (χ0) is 30.5. The fourth-order valence-electron chi connectivity index (χ4n) is 7.52. The number of carbonyl (C=O) groups excluding carboxylic acids is 1. The quantitative estimate of drug-likeness (QED) is 0.286. The second-order valence-electron chi connectivity index (χ2n) is 12.5. The molecule has 44 heavy (non-hydrogen) atoms. The van der Waals surface area contributed by atoms with Crippen molar-refractivity contribution in [3.05, 3.63) is 65.2 Å². The maximum Gasteiger partial charge on any atom is 0.319 e. The molecule has 2 aromatic heterocycles. The lowest BCUT2D eigenvalue weighted by Gasteiger charge is -2.39. The van der Waals surface area contributed by atoms with Crippen LogP contribution in [-0.2, 0) is 11.2 Å². The fourth-order valence-corrected chi connectivity index (χ4v) is 7.52. The highest BCUT2D eigenvalue weighted by Crippen LogP contribution is 2.54. The normalized spacial score (nSPS) is 24.5. The Bertz CT molecular complexity index is 1690. The van der Waals surface area contributed by atoms with Crippen LogP contribution in [0.4, 0.5) is 14.6 Å². The largest absolute Gasteiger partial charge is 0.462 e. The number of carbonyl (C=O) groups is 1. The van der Waals surface area contributed by atoms with Crippen molar-refractivity contribution < 1.29 is 18.3 Å². The van der Waals surface area contributed by atoms with E-state index in [1.54, 1.807) is 6.20 Å². The summed E-state index contributed by atoms with van der Waals surface area (Å²) in [6.07, 6.45) is 7.03. The fraction of sp³-hybridized carbons (Fsp3) is 0.485. The van der Waals surface area contributed by atoms with Crippen LogP contribution in [-0.4, -0.2) is 89.1 Å². The number of fused-ring (bicyclic) bond motifs is 4. The number of nitrogens with zero attached hydrogens (tertiary/aromatic N) is 7. The topological polar surface area (TPSA) is 79.1 Å². The molecule has 0 spiro atoms.